The second-order valence-corrected chi connectivity index (χ2v) is 5.62. The molecule has 0 aliphatic carbocycles. The molecule has 1 aliphatic heterocycles. The Morgan fingerprint density at radius 3 is 2.65 bits per heavy atom. The van der Waals surface area contributed by atoms with Crippen molar-refractivity contribution in [1.29, 1.82) is 0 Å². The first-order chi connectivity index (χ1) is 7.88. The minimum Gasteiger partial charge on any atom is -0.343 e. The quantitative estimate of drug-likeness (QED) is 0.778. The lowest BCUT2D eigenvalue weighted by Crippen LogP contribution is -2.54. The predicted octanol–water partition coefficient (Wildman–Crippen LogP) is 0.927. The summed E-state index contributed by atoms with van der Waals surface area (Å²) in [5.74, 6) is 0.180. The number of likely N-dealkylation sites (N-methyl/N-ethyl adjacent to an activating group) is 3. The highest BCUT2D eigenvalue weighted by atomic mass is 16.2. The van der Waals surface area contributed by atoms with E-state index >= 15 is 0 Å². The van der Waals surface area contributed by atoms with Gasteiger partial charge in [-0.3, -0.25) is 4.79 Å². The van der Waals surface area contributed by atoms with Gasteiger partial charge in [-0.1, -0.05) is 6.92 Å². The largest absolute Gasteiger partial charge is 0.343 e. The summed E-state index contributed by atoms with van der Waals surface area (Å²) in [5.41, 5.74) is -0.458. The molecule has 4 nitrogen and oxygen atoms in total. The molecular formula is C13H27N3O. The molecule has 1 amide bonds. The van der Waals surface area contributed by atoms with E-state index in [2.05, 4.69) is 17.3 Å². The first-order valence-corrected chi connectivity index (χ1v) is 6.59. The summed E-state index contributed by atoms with van der Waals surface area (Å²) in [4.78, 5) is 16.5. The Balaban J connectivity index is 2.51. The standard InChI is InChI=1S/C13H27N3O/c1-6-14-13(2,3)12(17)16(5)10-11-8-7-9-15(11)4/h11,14H,6-10H2,1-5H3. The second kappa shape index (κ2) is 5.83. The van der Waals surface area contributed by atoms with Crippen LogP contribution in [0.5, 0.6) is 0 Å². The summed E-state index contributed by atoms with van der Waals surface area (Å²) in [5, 5.41) is 3.23. The first kappa shape index (κ1) is 14.5. The molecular weight excluding hydrogens is 214 g/mol. The fourth-order valence-electron chi connectivity index (χ4n) is 2.60. The van der Waals surface area contributed by atoms with Crippen molar-refractivity contribution in [2.24, 2.45) is 0 Å². The first-order valence-electron chi connectivity index (χ1n) is 6.59. The van der Waals surface area contributed by atoms with E-state index < -0.39 is 5.54 Å². The Bertz CT molecular complexity index is 265. The average Bonchev–Trinajstić information content (AvgIpc) is 2.63. The van der Waals surface area contributed by atoms with Crippen LogP contribution in [0, 0.1) is 0 Å². The van der Waals surface area contributed by atoms with E-state index in [0.29, 0.717) is 6.04 Å². The zero-order valence-corrected chi connectivity index (χ0v) is 11.9. The number of hydrogen-bond acceptors (Lipinski definition) is 3. The topological polar surface area (TPSA) is 35.6 Å². The van der Waals surface area contributed by atoms with E-state index in [1.54, 1.807) is 0 Å². The van der Waals surface area contributed by atoms with Gasteiger partial charge in [-0.15, -0.1) is 0 Å². The Hall–Kier alpha value is -0.610. The molecule has 1 atom stereocenters. The summed E-state index contributed by atoms with van der Waals surface area (Å²) in [6.45, 7) is 8.74. The van der Waals surface area contributed by atoms with Crippen LogP contribution in [0.4, 0.5) is 0 Å². The van der Waals surface area contributed by atoms with Crippen molar-refractivity contribution in [3.05, 3.63) is 0 Å². The molecule has 100 valence electrons. The molecule has 1 fully saturated rings. The summed E-state index contributed by atoms with van der Waals surface area (Å²) < 4.78 is 0. The van der Waals surface area contributed by atoms with Crippen LogP contribution in [0.15, 0.2) is 0 Å². The molecule has 1 N–H and O–H groups in total. The van der Waals surface area contributed by atoms with Gasteiger partial charge in [0.15, 0.2) is 0 Å². The average molecular weight is 241 g/mol. The smallest absolute Gasteiger partial charge is 0.242 e. The number of amides is 1. The van der Waals surface area contributed by atoms with Crippen molar-refractivity contribution < 1.29 is 4.79 Å². The van der Waals surface area contributed by atoms with Crippen LogP contribution in [0.25, 0.3) is 0 Å². The Morgan fingerprint density at radius 2 is 2.18 bits per heavy atom. The van der Waals surface area contributed by atoms with E-state index in [1.807, 2.05) is 32.7 Å². The van der Waals surface area contributed by atoms with Crippen LogP contribution in [0.1, 0.15) is 33.6 Å². The molecule has 1 aliphatic rings. The lowest BCUT2D eigenvalue weighted by atomic mass is 10.0. The SMILES string of the molecule is CCNC(C)(C)C(=O)N(C)CC1CCCN1C. The lowest BCUT2D eigenvalue weighted by Gasteiger charge is -2.32. The molecule has 1 heterocycles. The molecule has 0 radical (unpaired) electrons. The predicted molar refractivity (Wildman–Crippen MR) is 71.0 cm³/mol. The maximum absolute atomic E-state index is 12.3. The molecule has 0 aromatic carbocycles. The van der Waals surface area contributed by atoms with Gasteiger partial charge < -0.3 is 15.1 Å². The van der Waals surface area contributed by atoms with Gasteiger partial charge in [0.25, 0.3) is 0 Å². The zero-order chi connectivity index (χ0) is 13.1. The number of rotatable bonds is 5. The Kier molecular flexibility index (Phi) is 4.95. The van der Waals surface area contributed by atoms with E-state index in [9.17, 15) is 4.79 Å². The van der Waals surface area contributed by atoms with Crippen molar-refractivity contribution in [1.82, 2.24) is 15.1 Å². The van der Waals surface area contributed by atoms with Crippen molar-refractivity contribution >= 4 is 5.91 Å². The highest BCUT2D eigenvalue weighted by Crippen LogP contribution is 2.16. The van der Waals surface area contributed by atoms with Crippen molar-refractivity contribution in [3.8, 4) is 0 Å². The molecule has 1 rings (SSSR count). The van der Waals surface area contributed by atoms with E-state index in [4.69, 9.17) is 0 Å². The number of carbonyl (C=O) groups is 1. The molecule has 4 heteroatoms. The van der Waals surface area contributed by atoms with Gasteiger partial charge >= 0.3 is 0 Å². The Morgan fingerprint density at radius 1 is 1.53 bits per heavy atom. The fourth-order valence-corrected chi connectivity index (χ4v) is 2.60. The summed E-state index contributed by atoms with van der Waals surface area (Å²) >= 11 is 0. The fraction of sp³-hybridized carbons (Fsp3) is 0.923. The van der Waals surface area contributed by atoms with Crippen LogP contribution in [0.2, 0.25) is 0 Å². The van der Waals surface area contributed by atoms with Gasteiger partial charge in [0.05, 0.1) is 5.54 Å². The third-order valence-corrected chi connectivity index (χ3v) is 3.66. The molecule has 17 heavy (non-hydrogen) atoms. The number of nitrogens with zero attached hydrogens (tertiary/aromatic N) is 2. The molecule has 1 saturated heterocycles. The van der Waals surface area contributed by atoms with Crippen molar-refractivity contribution in [2.45, 2.75) is 45.2 Å². The molecule has 0 aromatic heterocycles. The monoisotopic (exact) mass is 241 g/mol. The van der Waals surface area contributed by atoms with Gasteiger partial charge in [-0.05, 0) is 46.8 Å². The summed E-state index contributed by atoms with van der Waals surface area (Å²) in [7, 11) is 4.05. The van der Waals surface area contributed by atoms with E-state index in [0.717, 1.165) is 19.6 Å². The minimum absolute atomic E-state index is 0.180. The third-order valence-electron chi connectivity index (χ3n) is 3.66. The van der Waals surface area contributed by atoms with E-state index in [-0.39, 0.29) is 5.91 Å². The van der Waals surface area contributed by atoms with Gasteiger partial charge in [0.2, 0.25) is 5.91 Å². The Labute approximate surface area is 105 Å². The maximum Gasteiger partial charge on any atom is 0.242 e. The molecule has 1 unspecified atom stereocenters. The van der Waals surface area contributed by atoms with Crippen molar-refractivity contribution in [2.75, 3.05) is 33.7 Å². The normalized spacial score (nSPS) is 21.8. The minimum atomic E-state index is -0.458. The number of carbonyl (C=O) groups excluding carboxylic acids is 1. The van der Waals surface area contributed by atoms with Crippen LogP contribution in [-0.2, 0) is 4.79 Å². The zero-order valence-electron chi connectivity index (χ0n) is 11.9. The van der Waals surface area contributed by atoms with E-state index in [1.165, 1.54) is 12.8 Å². The maximum atomic E-state index is 12.3. The molecule has 0 saturated carbocycles. The summed E-state index contributed by atoms with van der Waals surface area (Å²) in [6.07, 6.45) is 2.45. The molecule has 0 spiro atoms. The van der Waals surface area contributed by atoms with Gasteiger partial charge in [0.1, 0.15) is 0 Å². The van der Waals surface area contributed by atoms with Crippen LogP contribution in [0.3, 0.4) is 0 Å². The van der Waals surface area contributed by atoms with Gasteiger partial charge in [-0.25, -0.2) is 0 Å². The van der Waals surface area contributed by atoms with Crippen molar-refractivity contribution in [3.63, 3.8) is 0 Å². The van der Waals surface area contributed by atoms with Gasteiger partial charge in [-0.2, -0.15) is 0 Å². The summed E-state index contributed by atoms with van der Waals surface area (Å²) in [6, 6.07) is 0.529. The van der Waals surface area contributed by atoms with Crippen LogP contribution in [-0.4, -0.2) is 61.0 Å². The molecule has 0 bridgehead atoms. The van der Waals surface area contributed by atoms with Gasteiger partial charge in [0, 0.05) is 19.6 Å². The van der Waals surface area contributed by atoms with Crippen LogP contribution >= 0.6 is 0 Å². The highest BCUT2D eigenvalue weighted by Gasteiger charge is 2.31. The number of hydrogen-bond donors (Lipinski definition) is 1. The third kappa shape index (κ3) is 3.68. The van der Waals surface area contributed by atoms with Crippen LogP contribution < -0.4 is 5.32 Å². The highest BCUT2D eigenvalue weighted by molar-refractivity contribution is 5.85. The number of nitrogens with one attached hydrogen (secondary N) is 1. The lowest BCUT2D eigenvalue weighted by molar-refractivity contribution is -0.136. The second-order valence-electron chi connectivity index (χ2n) is 5.62. The number of likely N-dealkylation sites (tertiary alicyclic amines) is 1. The molecule has 0 aromatic rings.